The molecule has 0 nitrogen and oxygen atoms in total. The Bertz CT molecular complexity index is 108. The van der Waals surface area contributed by atoms with E-state index in [1.165, 1.54) is 12.8 Å². The highest BCUT2D eigenvalue weighted by atomic mass is 14.1. The van der Waals surface area contributed by atoms with Gasteiger partial charge in [-0.25, -0.2) is 0 Å². The average molecular weight is 154 g/mol. The zero-order valence-electron chi connectivity index (χ0n) is 8.65. The highest BCUT2D eigenvalue weighted by Gasteiger charge is 2.05. The fraction of sp³-hybridized carbons (Fsp3) is 0.818. The third kappa shape index (κ3) is 4.23. The smallest absolute Gasteiger partial charge is 0.0258 e. The van der Waals surface area contributed by atoms with Crippen LogP contribution in [0.25, 0.3) is 0 Å². The third-order valence-electron chi connectivity index (χ3n) is 2.00. The van der Waals surface area contributed by atoms with Gasteiger partial charge in [0.15, 0.2) is 0 Å². The topological polar surface area (TPSA) is 0 Å². The van der Waals surface area contributed by atoms with Crippen LogP contribution in [0.4, 0.5) is 0 Å². The summed E-state index contributed by atoms with van der Waals surface area (Å²) >= 11 is 0. The lowest BCUT2D eigenvalue weighted by Gasteiger charge is -2.15. The molecule has 0 aliphatic rings. The van der Waals surface area contributed by atoms with Crippen molar-refractivity contribution in [1.29, 1.82) is 0 Å². The van der Waals surface area contributed by atoms with Crippen LogP contribution in [-0.4, -0.2) is 0 Å². The summed E-state index contributed by atoms with van der Waals surface area (Å²) in [5.41, 5.74) is 1.62. The number of allylic oxidation sites excluding steroid dienone is 2. The second-order valence-electron chi connectivity index (χ2n) is 3.80. The Balaban J connectivity index is 4.09. The molecule has 0 bridgehead atoms. The zero-order valence-corrected chi connectivity index (χ0v) is 8.65. The van der Waals surface area contributed by atoms with Crippen molar-refractivity contribution in [1.82, 2.24) is 0 Å². The minimum atomic E-state index is 0.724. The number of rotatable bonds is 4. The van der Waals surface area contributed by atoms with Crippen LogP contribution in [0.1, 0.15) is 47.5 Å². The molecule has 0 heteroatoms. The van der Waals surface area contributed by atoms with Gasteiger partial charge in [0.2, 0.25) is 0 Å². The molecule has 0 saturated carbocycles. The van der Waals surface area contributed by atoms with E-state index in [1.807, 2.05) is 0 Å². The van der Waals surface area contributed by atoms with Crippen LogP contribution in [0, 0.1) is 11.8 Å². The molecule has 0 aromatic carbocycles. The van der Waals surface area contributed by atoms with Crippen LogP contribution in [-0.2, 0) is 0 Å². The SMILES string of the molecule is CCCC=C(C(C)C)C(C)C. The maximum absolute atomic E-state index is 2.41. The quantitative estimate of drug-likeness (QED) is 0.536. The van der Waals surface area contributed by atoms with Gasteiger partial charge in [0.05, 0.1) is 0 Å². The summed E-state index contributed by atoms with van der Waals surface area (Å²) in [7, 11) is 0. The Hall–Kier alpha value is -0.260. The lowest BCUT2D eigenvalue weighted by atomic mass is 9.91. The van der Waals surface area contributed by atoms with E-state index in [2.05, 4.69) is 40.7 Å². The second kappa shape index (κ2) is 5.40. The largest absolute Gasteiger partial charge is 0.0848 e. The van der Waals surface area contributed by atoms with Crippen molar-refractivity contribution < 1.29 is 0 Å². The second-order valence-corrected chi connectivity index (χ2v) is 3.80. The molecule has 11 heavy (non-hydrogen) atoms. The summed E-state index contributed by atoms with van der Waals surface area (Å²) in [6, 6.07) is 0. The van der Waals surface area contributed by atoms with Gasteiger partial charge in [0, 0.05) is 0 Å². The maximum atomic E-state index is 2.41. The molecule has 0 unspecified atom stereocenters. The Kier molecular flexibility index (Phi) is 5.27. The molecule has 0 saturated heterocycles. The Morgan fingerprint density at radius 1 is 1.09 bits per heavy atom. The van der Waals surface area contributed by atoms with Crippen molar-refractivity contribution >= 4 is 0 Å². The molecule has 0 aromatic rings. The van der Waals surface area contributed by atoms with Crippen molar-refractivity contribution in [2.24, 2.45) is 11.8 Å². The van der Waals surface area contributed by atoms with Crippen LogP contribution >= 0.6 is 0 Å². The fourth-order valence-electron chi connectivity index (χ4n) is 1.45. The van der Waals surface area contributed by atoms with Crippen molar-refractivity contribution in [2.75, 3.05) is 0 Å². The monoisotopic (exact) mass is 154 g/mol. The molecular weight excluding hydrogens is 132 g/mol. The molecule has 0 aliphatic heterocycles. The maximum Gasteiger partial charge on any atom is -0.0258 e. The van der Waals surface area contributed by atoms with Gasteiger partial charge in [-0.1, -0.05) is 52.7 Å². The highest BCUT2D eigenvalue weighted by molar-refractivity contribution is 5.07. The van der Waals surface area contributed by atoms with Crippen molar-refractivity contribution in [2.45, 2.75) is 47.5 Å². The van der Waals surface area contributed by atoms with E-state index in [4.69, 9.17) is 0 Å². The third-order valence-corrected chi connectivity index (χ3v) is 2.00. The average Bonchev–Trinajstić information content (AvgIpc) is 1.87. The molecule has 0 rings (SSSR count). The molecule has 0 atom stereocenters. The number of hydrogen-bond donors (Lipinski definition) is 0. The lowest BCUT2D eigenvalue weighted by Crippen LogP contribution is -2.01. The Labute approximate surface area is 71.7 Å². The van der Waals surface area contributed by atoms with Gasteiger partial charge in [-0.15, -0.1) is 0 Å². The molecule has 0 fully saturated rings. The lowest BCUT2D eigenvalue weighted by molar-refractivity contribution is 0.619. The normalized spacial score (nSPS) is 10.8. The standard InChI is InChI=1S/C11H22/c1-6-7-8-11(9(2)3)10(4)5/h8-10H,6-7H2,1-5H3. The number of hydrogen-bond acceptors (Lipinski definition) is 0. The summed E-state index contributed by atoms with van der Waals surface area (Å²) in [6.45, 7) is 11.3. The van der Waals surface area contributed by atoms with Gasteiger partial charge in [0.1, 0.15) is 0 Å². The first-order valence-electron chi connectivity index (χ1n) is 4.79. The van der Waals surface area contributed by atoms with Gasteiger partial charge in [0.25, 0.3) is 0 Å². The fourth-order valence-corrected chi connectivity index (χ4v) is 1.45. The Morgan fingerprint density at radius 2 is 1.55 bits per heavy atom. The summed E-state index contributed by atoms with van der Waals surface area (Å²) < 4.78 is 0. The molecule has 0 radical (unpaired) electrons. The molecule has 0 spiro atoms. The molecular formula is C11H22. The molecule has 0 amide bonds. The predicted molar refractivity (Wildman–Crippen MR) is 52.7 cm³/mol. The highest BCUT2D eigenvalue weighted by Crippen LogP contribution is 2.19. The minimum absolute atomic E-state index is 0.724. The first kappa shape index (κ1) is 10.7. The van der Waals surface area contributed by atoms with E-state index in [0.717, 1.165) is 11.8 Å². The summed E-state index contributed by atoms with van der Waals surface area (Å²) in [6.07, 6.45) is 4.92. The molecule has 0 aliphatic carbocycles. The first-order chi connectivity index (χ1) is 5.09. The van der Waals surface area contributed by atoms with Gasteiger partial charge in [-0.05, 0) is 18.3 Å². The Morgan fingerprint density at radius 3 is 1.82 bits per heavy atom. The van der Waals surface area contributed by atoms with E-state index in [-0.39, 0.29) is 0 Å². The van der Waals surface area contributed by atoms with E-state index in [1.54, 1.807) is 5.57 Å². The minimum Gasteiger partial charge on any atom is -0.0848 e. The molecule has 0 heterocycles. The molecule has 66 valence electrons. The predicted octanol–water partition coefficient (Wildman–Crippen LogP) is 4.02. The van der Waals surface area contributed by atoms with E-state index < -0.39 is 0 Å². The van der Waals surface area contributed by atoms with Crippen molar-refractivity contribution in [3.05, 3.63) is 11.6 Å². The van der Waals surface area contributed by atoms with Gasteiger partial charge >= 0.3 is 0 Å². The van der Waals surface area contributed by atoms with E-state index >= 15 is 0 Å². The van der Waals surface area contributed by atoms with Crippen molar-refractivity contribution in [3.63, 3.8) is 0 Å². The van der Waals surface area contributed by atoms with Crippen LogP contribution in [0.5, 0.6) is 0 Å². The van der Waals surface area contributed by atoms with Gasteiger partial charge < -0.3 is 0 Å². The summed E-state index contributed by atoms with van der Waals surface area (Å²) in [4.78, 5) is 0. The number of unbranched alkanes of at least 4 members (excludes halogenated alkanes) is 1. The zero-order chi connectivity index (χ0) is 8.85. The van der Waals surface area contributed by atoms with Gasteiger partial charge in [-0.2, -0.15) is 0 Å². The van der Waals surface area contributed by atoms with Crippen LogP contribution in [0.3, 0.4) is 0 Å². The van der Waals surface area contributed by atoms with E-state index in [9.17, 15) is 0 Å². The van der Waals surface area contributed by atoms with Crippen LogP contribution < -0.4 is 0 Å². The van der Waals surface area contributed by atoms with E-state index in [0.29, 0.717) is 0 Å². The summed E-state index contributed by atoms with van der Waals surface area (Å²) in [5, 5.41) is 0. The van der Waals surface area contributed by atoms with Crippen LogP contribution in [0.2, 0.25) is 0 Å². The van der Waals surface area contributed by atoms with Crippen LogP contribution in [0.15, 0.2) is 11.6 Å². The molecule has 0 aromatic heterocycles. The van der Waals surface area contributed by atoms with Crippen molar-refractivity contribution in [3.8, 4) is 0 Å². The molecule has 0 N–H and O–H groups in total. The first-order valence-corrected chi connectivity index (χ1v) is 4.79. The summed E-state index contributed by atoms with van der Waals surface area (Å²) in [5.74, 6) is 1.45. The van der Waals surface area contributed by atoms with Gasteiger partial charge in [-0.3, -0.25) is 0 Å².